The van der Waals surface area contributed by atoms with Crippen LogP contribution in [-0.4, -0.2) is 21.5 Å². The van der Waals surface area contributed by atoms with Crippen molar-refractivity contribution in [2.24, 2.45) is 5.73 Å². The fraction of sp³-hybridized carbons (Fsp3) is 0.636. The molecule has 0 aromatic carbocycles. The highest BCUT2D eigenvalue weighted by Gasteiger charge is 2.07. The van der Waals surface area contributed by atoms with Gasteiger partial charge >= 0.3 is 0 Å². The molecular formula is C11H20N4O. The van der Waals surface area contributed by atoms with Crippen molar-refractivity contribution in [1.29, 1.82) is 0 Å². The quantitative estimate of drug-likeness (QED) is 0.745. The molecule has 1 rings (SSSR count). The van der Waals surface area contributed by atoms with Crippen LogP contribution in [0, 0.1) is 0 Å². The number of carbonyl (C=O) groups excluding carboxylic acids is 1. The number of rotatable bonds is 6. The summed E-state index contributed by atoms with van der Waals surface area (Å²) in [5, 5.41) is 2.94. The standard InChI is InChI=1S/C11H20N4O/c1-3-4-9(2)14-11(16)7-15-6-10(5-12)13-8-15/h6,8-9H,3-5,7,12H2,1-2H3,(H,14,16). The number of carbonyl (C=O) groups is 1. The van der Waals surface area contributed by atoms with E-state index in [0.717, 1.165) is 18.5 Å². The van der Waals surface area contributed by atoms with Crippen molar-refractivity contribution < 1.29 is 4.79 Å². The molecule has 1 unspecified atom stereocenters. The topological polar surface area (TPSA) is 72.9 Å². The third-order valence-corrected chi connectivity index (χ3v) is 2.35. The van der Waals surface area contributed by atoms with Crippen molar-refractivity contribution in [3.63, 3.8) is 0 Å². The molecule has 0 aliphatic carbocycles. The molecule has 5 heteroatoms. The summed E-state index contributed by atoms with van der Waals surface area (Å²) < 4.78 is 1.75. The van der Waals surface area contributed by atoms with E-state index in [9.17, 15) is 4.79 Å². The van der Waals surface area contributed by atoms with Gasteiger partial charge in [-0.15, -0.1) is 0 Å². The first kappa shape index (κ1) is 12.7. The molecule has 0 aliphatic rings. The van der Waals surface area contributed by atoms with Gasteiger partial charge in [0.05, 0.1) is 12.0 Å². The van der Waals surface area contributed by atoms with Crippen molar-refractivity contribution in [2.75, 3.05) is 0 Å². The second-order valence-corrected chi connectivity index (χ2v) is 4.00. The normalized spacial score (nSPS) is 12.4. The monoisotopic (exact) mass is 224 g/mol. The highest BCUT2D eigenvalue weighted by molar-refractivity contribution is 5.75. The fourth-order valence-electron chi connectivity index (χ4n) is 1.59. The van der Waals surface area contributed by atoms with Gasteiger partial charge in [0.15, 0.2) is 0 Å². The van der Waals surface area contributed by atoms with Crippen LogP contribution in [0.15, 0.2) is 12.5 Å². The minimum atomic E-state index is 0.0157. The average molecular weight is 224 g/mol. The largest absolute Gasteiger partial charge is 0.352 e. The molecule has 0 aliphatic heterocycles. The van der Waals surface area contributed by atoms with Gasteiger partial charge in [0, 0.05) is 18.8 Å². The van der Waals surface area contributed by atoms with Crippen LogP contribution in [-0.2, 0) is 17.9 Å². The van der Waals surface area contributed by atoms with Gasteiger partial charge in [-0.3, -0.25) is 4.79 Å². The molecule has 1 atom stereocenters. The van der Waals surface area contributed by atoms with E-state index >= 15 is 0 Å². The molecule has 1 amide bonds. The molecule has 0 spiro atoms. The molecule has 0 saturated heterocycles. The molecule has 5 nitrogen and oxygen atoms in total. The average Bonchev–Trinajstić information content (AvgIpc) is 2.65. The number of aromatic nitrogens is 2. The van der Waals surface area contributed by atoms with Gasteiger partial charge in [-0.25, -0.2) is 4.98 Å². The van der Waals surface area contributed by atoms with E-state index < -0.39 is 0 Å². The second kappa shape index (κ2) is 6.27. The lowest BCUT2D eigenvalue weighted by atomic mass is 10.2. The van der Waals surface area contributed by atoms with Crippen LogP contribution >= 0.6 is 0 Å². The Morgan fingerprint density at radius 1 is 1.69 bits per heavy atom. The SMILES string of the molecule is CCCC(C)NC(=O)Cn1cnc(CN)c1. The summed E-state index contributed by atoms with van der Waals surface area (Å²) in [7, 11) is 0. The summed E-state index contributed by atoms with van der Waals surface area (Å²) in [6, 6.07) is 0.231. The molecule has 1 aromatic rings. The van der Waals surface area contributed by atoms with Gasteiger partial charge in [0.25, 0.3) is 0 Å². The summed E-state index contributed by atoms with van der Waals surface area (Å²) in [4.78, 5) is 15.7. The van der Waals surface area contributed by atoms with Gasteiger partial charge in [-0.1, -0.05) is 13.3 Å². The molecular weight excluding hydrogens is 204 g/mol. The van der Waals surface area contributed by atoms with E-state index in [4.69, 9.17) is 5.73 Å². The molecule has 16 heavy (non-hydrogen) atoms. The zero-order valence-electron chi connectivity index (χ0n) is 9.94. The van der Waals surface area contributed by atoms with Crippen LogP contribution in [0.4, 0.5) is 0 Å². The Kier molecular flexibility index (Phi) is 4.98. The highest BCUT2D eigenvalue weighted by atomic mass is 16.2. The number of nitrogens with two attached hydrogens (primary N) is 1. The van der Waals surface area contributed by atoms with Crippen molar-refractivity contribution in [3.05, 3.63) is 18.2 Å². The third kappa shape index (κ3) is 4.02. The molecule has 0 fully saturated rings. The number of imidazole rings is 1. The maximum Gasteiger partial charge on any atom is 0.240 e. The van der Waals surface area contributed by atoms with Crippen molar-refractivity contribution in [3.8, 4) is 0 Å². The summed E-state index contributed by atoms with van der Waals surface area (Å²) in [6.07, 6.45) is 5.50. The van der Waals surface area contributed by atoms with E-state index in [2.05, 4.69) is 17.2 Å². The Morgan fingerprint density at radius 3 is 3.00 bits per heavy atom. The van der Waals surface area contributed by atoms with E-state index in [-0.39, 0.29) is 11.9 Å². The molecule has 1 heterocycles. The third-order valence-electron chi connectivity index (χ3n) is 2.35. The summed E-state index contributed by atoms with van der Waals surface area (Å²) >= 11 is 0. The maximum atomic E-state index is 11.6. The number of amides is 1. The first-order valence-electron chi connectivity index (χ1n) is 5.65. The van der Waals surface area contributed by atoms with Crippen LogP contribution in [0.3, 0.4) is 0 Å². The lowest BCUT2D eigenvalue weighted by Crippen LogP contribution is -2.34. The Labute approximate surface area is 96.0 Å². The van der Waals surface area contributed by atoms with Crippen LogP contribution in [0.5, 0.6) is 0 Å². The first-order chi connectivity index (χ1) is 7.65. The Morgan fingerprint density at radius 2 is 2.44 bits per heavy atom. The summed E-state index contributed by atoms with van der Waals surface area (Å²) in [5.41, 5.74) is 6.24. The van der Waals surface area contributed by atoms with Crippen LogP contribution in [0.25, 0.3) is 0 Å². The molecule has 1 aromatic heterocycles. The molecule has 0 radical (unpaired) electrons. The molecule has 3 N–H and O–H groups in total. The van der Waals surface area contributed by atoms with E-state index in [1.54, 1.807) is 17.1 Å². The first-order valence-corrected chi connectivity index (χ1v) is 5.65. The van der Waals surface area contributed by atoms with Crippen molar-refractivity contribution >= 4 is 5.91 Å². The van der Waals surface area contributed by atoms with E-state index in [1.807, 2.05) is 6.92 Å². The van der Waals surface area contributed by atoms with Crippen molar-refractivity contribution in [2.45, 2.75) is 45.8 Å². The van der Waals surface area contributed by atoms with Crippen LogP contribution in [0.1, 0.15) is 32.4 Å². The van der Waals surface area contributed by atoms with Crippen molar-refractivity contribution in [1.82, 2.24) is 14.9 Å². The van der Waals surface area contributed by atoms with Crippen LogP contribution in [0.2, 0.25) is 0 Å². The molecule has 0 bridgehead atoms. The Balaban J connectivity index is 2.39. The number of nitrogens with one attached hydrogen (secondary N) is 1. The second-order valence-electron chi connectivity index (χ2n) is 4.00. The summed E-state index contributed by atoms with van der Waals surface area (Å²) in [6.45, 7) is 4.83. The zero-order valence-corrected chi connectivity index (χ0v) is 9.94. The van der Waals surface area contributed by atoms with Gasteiger partial charge in [0.2, 0.25) is 5.91 Å². The minimum absolute atomic E-state index is 0.0157. The Bertz CT molecular complexity index is 334. The number of nitrogens with zero attached hydrogens (tertiary/aromatic N) is 2. The molecule has 90 valence electrons. The summed E-state index contributed by atoms with van der Waals surface area (Å²) in [5.74, 6) is 0.0157. The number of hydrogen-bond acceptors (Lipinski definition) is 3. The van der Waals surface area contributed by atoms with E-state index in [1.165, 1.54) is 0 Å². The Hall–Kier alpha value is -1.36. The van der Waals surface area contributed by atoms with E-state index in [0.29, 0.717) is 13.1 Å². The lowest BCUT2D eigenvalue weighted by molar-refractivity contribution is -0.122. The minimum Gasteiger partial charge on any atom is -0.352 e. The van der Waals surface area contributed by atoms with Gasteiger partial charge in [-0.2, -0.15) is 0 Å². The van der Waals surface area contributed by atoms with Gasteiger partial charge < -0.3 is 15.6 Å². The number of hydrogen-bond donors (Lipinski definition) is 2. The molecule has 0 saturated carbocycles. The predicted molar refractivity (Wildman–Crippen MR) is 62.6 cm³/mol. The lowest BCUT2D eigenvalue weighted by Gasteiger charge is -2.12. The highest BCUT2D eigenvalue weighted by Crippen LogP contribution is 1.97. The maximum absolute atomic E-state index is 11.6. The van der Waals surface area contributed by atoms with Gasteiger partial charge in [0.1, 0.15) is 6.54 Å². The van der Waals surface area contributed by atoms with Gasteiger partial charge in [-0.05, 0) is 13.3 Å². The smallest absolute Gasteiger partial charge is 0.240 e. The van der Waals surface area contributed by atoms with Crippen LogP contribution < -0.4 is 11.1 Å². The zero-order chi connectivity index (χ0) is 12.0. The predicted octanol–water partition coefficient (Wildman–Crippen LogP) is 0.647. The fourth-order valence-corrected chi connectivity index (χ4v) is 1.59.